The van der Waals surface area contributed by atoms with Gasteiger partial charge in [-0.1, -0.05) is 19.9 Å². The number of aryl methyl sites for hydroxylation is 1. The van der Waals surface area contributed by atoms with Crippen molar-refractivity contribution in [2.45, 2.75) is 53.2 Å². The van der Waals surface area contributed by atoms with Gasteiger partial charge in [0.05, 0.1) is 6.10 Å². The smallest absolute Gasteiger partial charge is 0.123 e. The van der Waals surface area contributed by atoms with Gasteiger partial charge < -0.3 is 10.5 Å². The summed E-state index contributed by atoms with van der Waals surface area (Å²) in [5.41, 5.74) is 9.40. The largest absolute Gasteiger partial charge is 0.491 e. The Kier molecular flexibility index (Phi) is 4.36. The van der Waals surface area contributed by atoms with Crippen LogP contribution in [0.3, 0.4) is 0 Å². The second kappa shape index (κ2) is 5.35. The summed E-state index contributed by atoms with van der Waals surface area (Å²) in [6, 6.07) is 4.29. The molecule has 0 aliphatic carbocycles. The van der Waals surface area contributed by atoms with Gasteiger partial charge in [0, 0.05) is 6.54 Å². The van der Waals surface area contributed by atoms with Crippen LogP contribution in [0.4, 0.5) is 0 Å². The summed E-state index contributed by atoms with van der Waals surface area (Å²) < 4.78 is 5.85. The van der Waals surface area contributed by atoms with E-state index in [1.165, 1.54) is 16.7 Å². The van der Waals surface area contributed by atoms with Crippen molar-refractivity contribution in [2.75, 3.05) is 0 Å². The molecule has 0 aromatic heterocycles. The molecule has 0 heterocycles. The van der Waals surface area contributed by atoms with Crippen molar-refractivity contribution in [3.63, 3.8) is 0 Å². The Morgan fingerprint density at radius 3 is 2.25 bits per heavy atom. The third-order valence-electron chi connectivity index (χ3n) is 2.67. The summed E-state index contributed by atoms with van der Waals surface area (Å²) in [5.74, 6) is 1.46. The summed E-state index contributed by atoms with van der Waals surface area (Å²) in [6.45, 7) is 11.1. The van der Waals surface area contributed by atoms with Crippen LogP contribution >= 0.6 is 0 Å². The monoisotopic (exact) mass is 221 g/mol. The molecule has 16 heavy (non-hydrogen) atoms. The quantitative estimate of drug-likeness (QED) is 0.846. The van der Waals surface area contributed by atoms with E-state index >= 15 is 0 Å². The van der Waals surface area contributed by atoms with Gasteiger partial charge in [-0.05, 0) is 49.4 Å². The van der Waals surface area contributed by atoms with E-state index in [1.54, 1.807) is 0 Å². The molecule has 2 N–H and O–H groups in total. The summed E-state index contributed by atoms with van der Waals surface area (Å²) in [4.78, 5) is 0. The van der Waals surface area contributed by atoms with Gasteiger partial charge in [0.2, 0.25) is 0 Å². The predicted molar refractivity (Wildman–Crippen MR) is 68.9 cm³/mol. The van der Waals surface area contributed by atoms with Crippen LogP contribution in [0.1, 0.15) is 50.3 Å². The van der Waals surface area contributed by atoms with Crippen molar-refractivity contribution in [3.8, 4) is 5.75 Å². The van der Waals surface area contributed by atoms with Gasteiger partial charge in [0.1, 0.15) is 5.75 Å². The van der Waals surface area contributed by atoms with Crippen molar-refractivity contribution in [2.24, 2.45) is 5.73 Å². The molecular formula is C14H23NO. The number of nitrogens with two attached hydrogens (primary N) is 1. The number of rotatable bonds is 4. The van der Waals surface area contributed by atoms with Crippen LogP contribution in [0.15, 0.2) is 12.1 Å². The molecule has 0 radical (unpaired) electrons. The first-order chi connectivity index (χ1) is 7.45. The van der Waals surface area contributed by atoms with Crippen molar-refractivity contribution in [3.05, 3.63) is 28.8 Å². The van der Waals surface area contributed by atoms with Crippen LogP contribution in [0, 0.1) is 6.92 Å². The summed E-state index contributed by atoms with van der Waals surface area (Å²) >= 11 is 0. The minimum absolute atomic E-state index is 0.209. The Morgan fingerprint density at radius 2 is 1.81 bits per heavy atom. The zero-order valence-corrected chi connectivity index (χ0v) is 11.0. The molecule has 0 amide bonds. The predicted octanol–water partition coefficient (Wildman–Crippen LogP) is 3.36. The Hall–Kier alpha value is -1.02. The number of hydrogen-bond acceptors (Lipinski definition) is 2. The van der Waals surface area contributed by atoms with E-state index in [2.05, 4.69) is 46.8 Å². The van der Waals surface area contributed by atoms with Crippen LogP contribution in [-0.2, 0) is 6.54 Å². The van der Waals surface area contributed by atoms with Gasteiger partial charge in [-0.2, -0.15) is 0 Å². The number of benzene rings is 1. The van der Waals surface area contributed by atoms with Crippen molar-refractivity contribution < 1.29 is 4.74 Å². The Bertz CT molecular complexity index is 356. The van der Waals surface area contributed by atoms with Gasteiger partial charge >= 0.3 is 0 Å². The Labute approximate surface area is 98.8 Å². The van der Waals surface area contributed by atoms with Crippen molar-refractivity contribution >= 4 is 0 Å². The van der Waals surface area contributed by atoms with E-state index in [0.717, 1.165) is 5.75 Å². The lowest BCUT2D eigenvalue weighted by molar-refractivity contribution is 0.239. The molecule has 0 unspecified atom stereocenters. The molecule has 0 fully saturated rings. The maximum absolute atomic E-state index is 5.85. The fraction of sp³-hybridized carbons (Fsp3) is 0.571. The first-order valence-electron chi connectivity index (χ1n) is 5.95. The van der Waals surface area contributed by atoms with Crippen LogP contribution in [0.5, 0.6) is 5.75 Å². The third kappa shape index (κ3) is 2.99. The maximum Gasteiger partial charge on any atom is 0.123 e. The summed E-state index contributed by atoms with van der Waals surface area (Å²) in [6.07, 6.45) is 0.209. The van der Waals surface area contributed by atoms with E-state index < -0.39 is 0 Å². The van der Waals surface area contributed by atoms with Gasteiger partial charge in [0.15, 0.2) is 0 Å². The van der Waals surface area contributed by atoms with Crippen LogP contribution in [-0.4, -0.2) is 6.10 Å². The minimum Gasteiger partial charge on any atom is -0.491 e. The van der Waals surface area contributed by atoms with E-state index in [-0.39, 0.29) is 6.10 Å². The first-order valence-corrected chi connectivity index (χ1v) is 5.95. The second-order valence-corrected chi connectivity index (χ2v) is 4.84. The number of hydrogen-bond donors (Lipinski definition) is 1. The third-order valence-corrected chi connectivity index (χ3v) is 2.67. The van der Waals surface area contributed by atoms with Gasteiger partial charge in [-0.15, -0.1) is 0 Å². The fourth-order valence-corrected chi connectivity index (χ4v) is 1.77. The lowest BCUT2D eigenvalue weighted by Crippen LogP contribution is -2.10. The highest BCUT2D eigenvalue weighted by Gasteiger charge is 2.12. The first kappa shape index (κ1) is 13.0. The molecule has 0 spiro atoms. The molecule has 1 aromatic rings. The van der Waals surface area contributed by atoms with Gasteiger partial charge in [0.25, 0.3) is 0 Å². The Balaban J connectivity index is 3.19. The topological polar surface area (TPSA) is 35.2 Å². The molecule has 0 saturated carbocycles. The van der Waals surface area contributed by atoms with Crippen LogP contribution < -0.4 is 10.5 Å². The molecule has 0 atom stereocenters. The molecule has 90 valence electrons. The average molecular weight is 221 g/mol. The molecule has 0 bridgehead atoms. The Morgan fingerprint density at radius 1 is 1.19 bits per heavy atom. The number of ether oxygens (including phenoxy) is 1. The summed E-state index contributed by atoms with van der Waals surface area (Å²) in [5, 5.41) is 0. The van der Waals surface area contributed by atoms with Crippen LogP contribution in [0.25, 0.3) is 0 Å². The van der Waals surface area contributed by atoms with E-state index in [4.69, 9.17) is 10.5 Å². The molecular weight excluding hydrogens is 198 g/mol. The highest BCUT2D eigenvalue weighted by atomic mass is 16.5. The van der Waals surface area contributed by atoms with Gasteiger partial charge in [-0.25, -0.2) is 0 Å². The second-order valence-electron chi connectivity index (χ2n) is 4.84. The zero-order chi connectivity index (χ0) is 12.3. The zero-order valence-electron chi connectivity index (χ0n) is 11.0. The normalized spacial score (nSPS) is 11.2. The van der Waals surface area contributed by atoms with Crippen molar-refractivity contribution in [1.82, 2.24) is 0 Å². The molecule has 0 aliphatic heterocycles. The average Bonchev–Trinajstić information content (AvgIpc) is 2.16. The molecule has 2 heteroatoms. The summed E-state index contributed by atoms with van der Waals surface area (Å²) in [7, 11) is 0. The van der Waals surface area contributed by atoms with Crippen LogP contribution in [0.2, 0.25) is 0 Å². The maximum atomic E-state index is 5.85. The SMILES string of the molecule is Cc1cc(OC(C)C)c(C(C)C)cc1CN. The molecule has 0 aliphatic rings. The molecule has 1 aromatic carbocycles. The fourth-order valence-electron chi connectivity index (χ4n) is 1.77. The van der Waals surface area contributed by atoms with E-state index in [0.29, 0.717) is 12.5 Å². The van der Waals surface area contributed by atoms with E-state index in [9.17, 15) is 0 Å². The molecule has 0 saturated heterocycles. The standard InChI is InChI=1S/C14H23NO/c1-9(2)13-7-12(8-15)11(5)6-14(13)16-10(3)4/h6-7,9-10H,8,15H2,1-5H3. The highest BCUT2D eigenvalue weighted by molar-refractivity contribution is 5.44. The lowest BCUT2D eigenvalue weighted by atomic mass is 9.96. The molecule has 2 nitrogen and oxygen atoms in total. The van der Waals surface area contributed by atoms with Gasteiger partial charge in [-0.3, -0.25) is 0 Å². The minimum atomic E-state index is 0.209. The van der Waals surface area contributed by atoms with Crippen molar-refractivity contribution in [1.29, 1.82) is 0 Å². The highest BCUT2D eigenvalue weighted by Crippen LogP contribution is 2.30. The lowest BCUT2D eigenvalue weighted by Gasteiger charge is -2.19. The van der Waals surface area contributed by atoms with E-state index in [1.807, 2.05) is 0 Å². The molecule has 1 rings (SSSR count).